The molecule has 0 saturated carbocycles. The SMILES string of the molecule is N#CCCSc1c(-c2cc(Cl)ccc2O)c2cc(C(F)(F)F)ccc2[nH]c1=O. The molecular weight excluding hydrogens is 413 g/mol. The van der Waals surface area contributed by atoms with Gasteiger partial charge in [-0.15, -0.1) is 11.8 Å². The zero-order valence-electron chi connectivity index (χ0n) is 14.1. The molecular formula is C19H12ClF3N2O2S. The van der Waals surface area contributed by atoms with E-state index in [4.69, 9.17) is 16.9 Å². The molecule has 4 nitrogen and oxygen atoms in total. The zero-order chi connectivity index (χ0) is 20.5. The molecule has 0 aliphatic heterocycles. The Bertz CT molecular complexity index is 1150. The first-order valence-electron chi connectivity index (χ1n) is 7.98. The lowest BCUT2D eigenvalue weighted by atomic mass is 9.98. The van der Waals surface area contributed by atoms with Gasteiger partial charge in [0.15, 0.2) is 0 Å². The van der Waals surface area contributed by atoms with Gasteiger partial charge in [-0.2, -0.15) is 18.4 Å². The van der Waals surface area contributed by atoms with Crippen molar-refractivity contribution in [3.05, 3.63) is 57.3 Å². The van der Waals surface area contributed by atoms with Gasteiger partial charge in [0, 0.05) is 39.2 Å². The topological polar surface area (TPSA) is 76.9 Å². The van der Waals surface area contributed by atoms with Crippen LogP contribution in [0.1, 0.15) is 12.0 Å². The van der Waals surface area contributed by atoms with E-state index in [1.807, 2.05) is 6.07 Å². The average molecular weight is 425 g/mol. The Labute approximate surface area is 166 Å². The van der Waals surface area contributed by atoms with Gasteiger partial charge in [-0.3, -0.25) is 4.79 Å². The monoisotopic (exact) mass is 424 g/mol. The molecule has 0 bridgehead atoms. The highest BCUT2D eigenvalue weighted by atomic mass is 35.5. The van der Waals surface area contributed by atoms with E-state index in [1.165, 1.54) is 24.3 Å². The van der Waals surface area contributed by atoms with E-state index in [-0.39, 0.29) is 49.9 Å². The van der Waals surface area contributed by atoms with Gasteiger partial charge in [0.1, 0.15) is 5.75 Å². The minimum absolute atomic E-state index is 0.111. The summed E-state index contributed by atoms with van der Waals surface area (Å²) >= 11 is 7.05. The molecule has 9 heteroatoms. The van der Waals surface area contributed by atoms with Crippen LogP contribution in [0.2, 0.25) is 5.02 Å². The van der Waals surface area contributed by atoms with Crippen molar-refractivity contribution in [2.24, 2.45) is 0 Å². The van der Waals surface area contributed by atoms with Gasteiger partial charge in [0.25, 0.3) is 5.56 Å². The summed E-state index contributed by atoms with van der Waals surface area (Å²) in [5.41, 5.74) is -0.931. The predicted octanol–water partition coefficient (Wildman–Crippen LogP) is 5.58. The summed E-state index contributed by atoms with van der Waals surface area (Å²) in [4.78, 5) is 15.3. The van der Waals surface area contributed by atoms with Gasteiger partial charge in [-0.05, 0) is 36.4 Å². The largest absolute Gasteiger partial charge is 0.507 e. The van der Waals surface area contributed by atoms with E-state index in [1.54, 1.807) is 0 Å². The number of pyridine rings is 1. The van der Waals surface area contributed by atoms with E-state index >= 15 is 0 Å². The highest BCUT2D eigenvalue weighted by Gasteiger charge is 2.31. The Morgan fingerprint density at radius 2 is 1.96 bits per heavy atom. The third-order valence-electron chi connectivity index (χ3n) is 3.99. The molecule has 0 atom stereocenters. The van der Waals surface area contributed by atoms with Gasteiger partial charge in [-0.25, -0.2) is 0 Å². The molecule has 0 fully saturated rings. The number of hydrogen-bond acceptors (Lipinski definition) is 4. The first-order chi connectivity index (χ1) is 13.2. The van der Waals surface area contributed by atoms with Crippen molar-refractivity contribution in [1.82, 2.24) is 4.98 Å². The van der Waals surface area contributed by atoms with Crippen molar-refractivity contribution in [1.29, 1.82) is 5.26 Å². The maximum absolute atomic E-state index is 13.2. The lowest BCUT2D eigenvalue weighted by Gasteiger charge is -2.15. The first kappa shape index (κ1) is 20.1. The quantitative estimate of drug-likeness (QED) is 0.423. The first-order valence-corrected chi connectivity index (χ1v) is 9.34. The Balaban J connectivity index is 2.40. The maximum atomic E-state index is 13.2. The molecule has 2 aromatic carbocycles. The molecule has 28 heavy (non-hydrogen) atoms. The van der Waals surface area contributed by atoms with Crippen LogP contribution in [0.3, 0.4) is 0 Å². The number of alkyl halides is 3. The summed E-state index contributed by atoms with van der Waals surface area (Å²) in [6, 6.07) is 9.06. The van der Waals surface area contributed by atoms with Crippen molar-refractivity contribution in [2.45, 2.75) is 17.5 Å². The van der Waals surface area contributed by atoms with Gasteiger partial charge in [0.2, 0.25) is 0 Å². The molecule has 1 aromatic heterocycles. The van der Waals surface area contributed by atoms with Gasteiger partial charge in [-0.1, -0.05) is 11.6 Å². The summed E-state index contributed by atoms with van der Waals surface area (Å²) in [6.45, 7) is 0. The second-order valence-corrected chi connectivity index (χ2v) is 7.38. The van der Waals surface area contributed by atoms with E-state index in [9.17, 15) is 23.1 Å². The Hall–Kier alpha value is -2.63. The molecule has 3 aromatic rings. The molecule has 144 valence electrons. The lowest BCUT2D eigenvalue weighted by molar-refractivity contribution is -0.137. The van der Waals surface area contributed by atoms with Crippen LogP contribution in [-0.2, 0) is 6.18 Å². The van der Waals surface area contributed by atoms with Gasteiger partial charge >= 0.3 is 6.18 Å². The molecule has 0 spiro atoms. The fourth-order valence-electron chi connectivity index (χ4n) is 2.76. The van der Waals surface area contributed by atoms with Crippen molar-refractivity contribution in [3.8, 4) is 22.9 Å². The van der Waals surface area contributed by atoms with Gasteiger partial charge in [0.05, 0.1) is 16.5 Å². The fourth-order valence-corrected chi connectivity index (χ4v) is 3.88. The minimum Gasteiger partial charge on any atom is -0.507 e. The molecule has 0 aliphatic carbocycles. The second-order valence-electron chi connectivity index (χ2n) is 5.83. The smallest absolute Gasteiger partial charge is 0.416 e. The zero-order valence-corrected chi connectivity index (χ0v) is 15.7. The number of phenols is 1. The van der Waals surface area contributed by atoms with E-state index in [0.29, 0.717) is 0 Å². The molecule has 0 unspecified atom stereocenters. The number of halogens is 4. The highest BCUT2D eigenvalue weighted by Crippen LogP contribution is 2.42. The number of aromatic hydroxyl groups is 1. The van der Waals surface area contributed by atoms with Gasteiger partial charge < -0.3 is 10.1 Å². The summed E-state index contributed by atoms with van der Waals surface area (Å²) in [5, 5.41) is 19.4. The van der Waals surface area contributed by atoms with Crippen molar-refractivity contribution < 1.29 is 18.3 Å². The third-order valence-corrected chi connectivity index (χ3v) is 5.31. The average Bonchev–Trinajstić information content (AvgIpc) is 2.63. The van der Waals surface area contributed by atoms with Crippen molar-refractivity contribution >= 4 is 34.3 Å². The number of rotatable bonds is 4. The second kappa shape index (κ2) is 7.78. The summed E-state index contributed by atoms with van der Waals surface area (Å²) in [7, 11) is 0. The van der Waals surface area contributed by atoms with Crippen LogP contribution in [0.15, 0.2) is 46.1 Å². The lowest BCUT2D eigenvalue weighted by Crippen LogP contribution is -2.12. The highest BCUT2D eigenvalue weighted by molar-refractivity contribution is 7.99. The fraction of sp³-hybridized carbons (Fsp3) is 0.158. The molecule has 3 rings (SSSR count). The van der Waals surface area contributed by atoms with E-state index in [0.717, 1.165) is 23.9 Å². The van der Waals surface area contributed by atoms with Crippen LogP contribution in [0.4, 0.5) is 13.2 Å². The Morgan fingerprint density at radius 1 is 1.21 bits per heavy atom. The van der Waals surface area contributed by atoms with E-state index in [2.05, 4.69) is 4.98 Å². The van der Waals surface area contributed by atoms with Crippen molar-refractivity contribution in [3.63, 3.8) is 0 Å². The number of hydrogen-bond donors (Lipinski definition) is 2. The van der Waals surface area contributed by atoms with Crippen LogP contribution in [0, 0.1) is 11.3 Å². The molecule has 2 N–H and O–H groups in total. The number of nitrogens with zero attached hydrogens (tertiary/aromatic N) is 1. The number of H-pyrrole nitrogens is 1. The number of nitrogens with one attached hydrogen (secondary N) is 1. The maximum Gasteiger partial charge on any atom is 0.416 e. The third kappa shape index (κ3) is 3.96. The van der Waals surface area contributed by atoms with Crippen LogP contribution in [0.5, 0.6) is 5.75 Å². The number of thioether (sulfide) groups is 1. The Morgan fingerprint density at radius 3 is 2.64 bits per heavy atom. The van der Waals surface area contributed by atoms with Crippen LogP contribution < -0.4 is 5.56 Å². The Kier molecular flexibility index (Phi) is 5.59. The number of aromatic amines is 1. The van der Waals surface area contributed by atoms with Crippen LogP contribution in [-0.4, -0.2) is 15.8 Å². The summed E-state index contributed by atoms with van der Waals surface area (Å²) in [5.74, 6) is 0.0362. The molecule has 0 aliphatic rings. The number of nitriles is 1. The standard InChI is InChI=1S/C19H12ClF3N2O2S/c20-11-3-5-15(26)13(9-11)16-12-8-10(19(21,22)23)2-4-14(12)25-18(27)17(16)28-7-1-6-24/h2-5,8-9,26H,1,7H2,(H,25,27). The van der Waals surface area contributed by atoms with Crippen LogP contribution in [0.25, 0.3) is 22.0 Å². The molecule has 1 heterocycles. The number of aromatic nitrogens is 1. The van der Waals surface area contributed by atoms with Crippen molar-refractivity contribution in [2.75, 3.05) is 5.75 Å². The summed E-state index contributed by atoms with van der Waals surface area (Å²) in [6.07, 6.45) is -4.43. The minimum atomic E-state index is -4.58. The molecule has 0 radical (unpaired) electrons. The molecule has 0 amide bonds. The van der Waals surface area contributed by atoms with Crippen LogP contribution >= 0.6 is 23.4 Å². The number of benzene rings is 2. The molecule has 0 saturated heterocycles. The number of phenolic OH excluding ortho intramolecular Hbond substituents is 1. The van der Waals surface area contributed by atoms with E-state index < -0.39 is 17.3 Å². The normalized spacial score (nSPS) is 11.5. The number of fused-ring (bicyclic) bond motifs is 1. The summed E-state index contributed by atoms with van der Waals surface area (Å²) < 4.78 is 39.7. The predicted molar refractivity (Wildman–Crippen MR) is 103 cm³/mol.